The summed E-state index contributed by atoms with van der Waals surface area (Å²) < 4.78 is 28.0. The molecule has 1 aromatic carbocycles. The van der Waals surface area contributed by atoms with Crippen LogP contribution in [0.5, 0.6) is 11.5 Å². The van der Waals surface area contributed by atoms with Crippen LogP contribution in [-0.2, 0) is 35.2 Å². The molecule has 60 heavy (non-hydrogen) atoms. The highest BCUT2D eigenvalue weighted by Gasteiger charge is 2.10. The van der Waals surface area contributed by atoms with Crippen molar-refractivity contribution in [3.8, 4) is 11.5 Å². The second-order valence-corrected chi connectivity index (χ2v) is 15.4. The summed E-state index contributed by atoms with van der Waals surface area (Å²) >= 11 is 0. The fourth-order valence-corrected chi connectivity index (χ4v) is 6.28. The highest BCUT2D eigenvalue weighted by Crippen LogP contribution is 2.24. The second kappa shape index (κ2) is 41.9. The van der Waals surface area contributed by atoms with Crippen LogP contribution in [0.1, 0.15) is 180 Å². The number of hydrogen-bond acceptors (Lipinski definition) is 9. The van der Waals surface area contributed by atoms with Gasteiger partial charge in [0.25, 0.3) is 0 Å². The lowest BCUT2D eigenvalue weighted by molar-refractivity contribution is -0.145. The molecular weight excluding hydrogens is 755 g/mol. The molecule has 9 heteroatoms. The van der Waals surface area contributed by atoms with Crippen molar-refractivity contribution in [3.63, 3.8) is 0 Å². The van der Waals surface area contributed by atoms with Crippen molar-refractivity contribution in [2.75, 3.05) is 40.0 Å². The number of carbonyl (C=O) groups is 3. The standard InChI is InChI=1S/C51H83NO8/c1-4-6-8-10-12-14-16-18-20-22-24-26-28-30-32-34-49(53)58-40-38-56-47-42-46(45-60-51(55)36-37-52-3)43-48(44-47)57-39-41-59-50(54)35-33-31-29-27-25-23-21-19-17-15-13-11-9-7-5-2/h12-15,18-21,42-44,52H,4-11,16-17,22-41,45H2,1-3H3/b14-12-,15-13-,20-18-,21-19-. The number of ether oxygens (including phenoxy) is 5. The Morgan fingerprint density at radius 2 is 0.867 bits per heavy atom. The molecule has 0 heterocycles. The molecule has 0 radical (unpaired) electrons. The molecule has 1 N–H and O–H groups in total. The zero-order valence-corrected chi connectivity index (χ0v) is 38.0. The van der Waals surface area contributed by atoms with E-state index in [1.807, 2.05) is 0 Å². The van der Waals surface area contributed by atoms with Crippen molar-refractivity contribution in [2.45, 2.75) is 181 Å². The molecule has 0 saturated carbocycles. The molecule has 9 nitrogen and oxygen atoms in total. The first-order valence-corrected chi connectivity index (χ1v) is 23.6. The summed E-state index contributed by atoms with van der Waals surface area (Å²) in [7, 11) is 1.78. The number of benzene rings is 1. The van der Waals surface area contributed by atoms with Crippen molar-refractivity contribution < 1.29 is 38.1 Å². The average molecular weight is 838 g/mol. The molecule has 0 bridgehead atoms. The minimum Gasteiger partial charge on any atom is -0.490 e. The van der Waals surface area contributed by atoms with Crippen molar-refractivity contribution in [3.05, 3.63) is 72.4 Å². The minimum atomic E-state index is -0.315. The zero-order chi connectivity index (χ0) is 43.4. The summed E-state index contributed by atoms with van der Waals surface area (Å²) in [5.41, 5.74) is 0.692. The summed E-state index contributed by atoms with van der Waals surface area (Å²) in [6.45, 7) is 5.65. The Morgan fingerprint density at radius 3 is 1.30 bits per heavy atom. The van der Waals surface area contributed by atoms with E-state index in [2.05, 4.69) is 67.8 Å². The first-order valence-electron chi connectivity index (χ1n) is 23.6. The van der Waals surface area contributed by atoms with Gasteiger partial charge >= 0.3 is 17.9 Å². The normalized spacial score (nSPS) is 11.7. The number of hydrogen-bond donors (Lipinski definition) is 1. The molecule has 0 spiro atoms. The molecule has 0 aliphatic carbocycles. The largest absolute Gasteiger partial charge is 0.490 e. The smallest absolute Gasteiger partial charge is 0.307 e. The number of nitrogens with one attached hydrogen (secondary N) is 1. The van der Waals surface area contributed by atoms with E-state index in [0.29, 0.717) is 36.4 Å². The minimum absolute atomic E-state index is 0.0567. The molecule has 1 rings (SSSR count). The number of rotatable bonds is 41. The van der Waals surface area contributed by atoms with E-state index in [4.69, 9.17) is 23.7 Å². The van der Waals surface area contributed by atoms with Gasteiger partial charge in [-0.3, -0.25) is 14.4 Å². The molecule has 0 unspecified atom stereocenters. The van der Waals surface area contributed by atoms with E-state index in [0.717, 1.165) is 64.2 Å². The van der Waals surface area contributed by atoms with Gasteiger partial charge in [0, 0.05) is 25.5 Å². The quantitative estimate of drug-likeness (QED) is 0.0298. The second-order valence-electron chi connectivity index (χ2n) is 15.4. The van der Waals surface area contributed by atoms with Crippen LogP contribution in [0.15, 0.2) is 66.8 Å². The Balaban J connectivity index is 2.29. The number of carbonyl (C=O) groups excluding carboxylic acids is 3. The highest BCUT2D eigenvalue weighted by atomic mass is 16.6. The van der Waals surface area contributed by atoms with E-state index in [9.17, 15) is 14.4 Å². The van der Waals surface area contributed by atoms with Crippen LogP contribution in [0.25, 0.3) is 0 Å². The molecule has 1 aromatic rings. The van der Waals surface area contributed by atoms with Crippen LogP contribution in [0, 0.1) is 0 Å². The van der Waals surface area contributed by atoms with Crippen molar-refractivity contribution in [2.24, 2.45) is 0 Å². The van der Waals surface area contributed by atoms with Crippen molar-refractivity contribution in [1.29, 1.82) is 0 Å². The Morgan fingerprint density at radius 1 is 0.467 bits per heavy atom. The Kier molecular flexibility index (Phi) is 37.8. The molecule has 340 valence electrons. The molecule has 0 aromatic heterocycles. The van der Waals surface area contributed by atoms with E-state index in [1.165, 1.54) is 77.0 Å². The fourth-order valence-electron chi connectivity index (χ4n) is 6.28. The maximum atomic E-state index is 12.3. The lowest BCUT2D eigenvalue weighted by Crippen LogP contribution is -2.15. The Labute approximate surface area is 365 Å². The molecule has 0 atom stereocenters. The molecular formula is C51H83NO8. The SMILES string of the molecule is CCCCC/C=C\C/C=C\CCCCCCCC(=O)OCCOc1cc(COC(=O)CCNC)cc(OCCOC(=O)CCCCCCC/C=C\C/C=C\CCCCC)c1. The van der Waals surface area contributed by atoms with Gasteiger partial charge in [-0.1, -0.05) is 127 Å². The van der Waals surface area contributed by atoms with Gasteiger partial charge in [0.2, 0.25) is 0 Å². The van der Waals surface area contributed by atoms with Crippen LogP contribution >= 0.6 is 0 Å². The van der Waals surface area contributed by atoms with Gasteiger partial charge in [-0.05, 0) is 102 Å². The van der Waals surface area contributed by atoms with E-state index in [-0.39, 0.29) is 57.4 Å². The van der Waals surface area contributed by atoms with E-state index >= 15 is 0 Å². The van der Waals surface area contributed by atoms with Gasteiger partial charge in [0.1, 0.15) is 44.5 Å². The number of esters is 3. The zero-order valence-electron chi connectivity index (χ0n) is 38.0. The third-order valence-electron chi connectivity index (χ3n) is 9.81. The van der Waals surface area contributed by atoms with Gasteiger partial charge in [-0.25, -0.2) is 0 Å². The maximum absolute atomic E-state index is 12.3. The Bertz CT molecular complexity index is 1240. The highest BCUT2D eigenvalue weighted by molar-refractivity contribution is 5.70. The van der Waals surface area contributed by atoms with Crippen molar-refractivity contribution in [1.82, 2.24) is 5.32 Å². The first-order chi connectivity index (χ1) is 29.5. The average Bonchev–Trinajstić information content (AvgIpc) is 3.25. The lowest BCUT2D eigenvalue weighted by Gasteiger charge is -2.13. The monoisotopic (exact) mass is 838 g/mol. The number of allylic oxidation sites excluding steroid dienone is 8. The summed E-state index contributed by atoms with van der Waals surface area (Å²) in [4.78, 5) is 36.7. The van der Waals surface area contributed by atoms with Gasteiger partial charge in [-0.15, -0.1) is 0 Å². The third-order valence-corrected chi connectivity index (χ3v) is 9.81. The van der Waals surface area contributed by atoms with Crippen molar-refractivity contribution >= 4 is 17.9 Å². The van der Waals surface area contributed by atoms with Crippen LogP contribution in [0.4, 0.5) is 0 Å². The fraction of sp³-hybridized carbons (Fsp3) is 0.667. The van der Waals surface area contributed by atoms with Crippen LogP contribution in [0.3, 0.4) is 0 Å². The molecule has 0 saturated heterocycles. The van der Waals surface area contributed by atoms with Crippen LogP contribution in [-0.4, -0.2) is 57.9 Å². The molecule has 0 aliphatic heterocycles. The van der Waals surface area contributed by atoms with Crippen LogP contribution in [0.2, 0.25) is 0 Å². The molecule has 0 amide bonds. The van der Waals surface area contributed by atoms with Crippen LogP contribution < -0.4 is 14.8 Å². The van der Waals surface area contributed by atoms with Gasteiger partial charge < -0.3 is 29.0 Å². The maximum Gasteiger partial charge on any atom is 0.307 e. The predicted molar refractivity (Wildman–Crippen MR) is 246 cm³/mol. The van der Waals surface area contributed by atoms with E-state index < -0.39 is 0 Å². The van der Waals surface area contributed by atoms with Gasteiger partial charge in [0.15, 0.2) is 0 Å². The topological polar surface area (TPSA) is 109 Å². The summed E-state index contributed by atoms with van der Waals surface area (Å²) in [5, 5.41) is 2.94. The van der Waals surface area contributed by atoms with E-state index in [1.54, 1.807) is 25.2 Å². The Hall–Kier alpha value is -3.85. The van der Waals surface area contributed by atoms with Gasteiger partial charge in [-0.2, -0.15) is 0 Å². The summed E-state index contributed by atoms with van der Waals surface area (Å²) in [6.07, 6.45) is 44.2. The number of unbranched alkanes of at least 4 members (excludes halogenated alkanes) is 16. The summed E-state index contributed by atoms with van der Waals surface area (Å²) in [6, 6.07) is 5.27. The lowest BCUT2D eigenvalue weighted by atomic mass is 10.1. The molecule has 0 aliphatic rings. The first kappa shape index (κ1) is 54.2. The van der Waals surface area contributed by atoms with Gasteiger partial charge in [0.05, 0.1) is 6.42 Å². The predicted octanol–water partition coefficient (Wildman–Crippen LogP) is 12.8. The summed E-state index contributed by atoms with van der Waals surface area (Å²) in [5.74, 6) is 0.236. The molecule has 0 fully saturated rings. The third kappa shape index (κ3) is 36.0.